The van der Waals surface area contributed by atoms with E-state index in [1.54, 1.807) is 12.1 Å². The second-order valence-electron chi connectivity index (χ2n) is 10.9. The Morgan fingerprint density at radius 2 is 1.79 bits per heavy atom. The standard InChI is InChI=1S/C28H29ClFN5O7/c1-14(36)39-11-20-22(40-15(2)37)23(41-16(3)38)26(42-20)35-13-31-21-24(32-27(29)33-25(21)35)34-12-28(8-4-5-9-28)18-10-17(30)6-7-19(18)34/h6-7,10,13,20,22-23,26H,4-5,8-9,11-12H2,1-3H3/t20-,22+,23?,26-/m1/s1. The topological polar surface area (TPSA) is 135 Å². The van der Waals surface area contributed by atoms with Crippen LogP contribution in [0.25, 0.3) is 11.2 Å². The first-order valence-corrected chi connectivity index (χ1v) is 14.0. The Hall–Kier alpha value is -3.84. The van der Waals surface area contributed by atoms with Crippen molar-refractivity contribution in [3.05, 3.63) is 41.2 Å². The average Bonchev–Trinajstić information content (AvgIpc) is 3.69. The molecule has 2 aliphatic heterocycles. The van der Waals surface area contributed by atoms with Crippen molar-refractivity contribution >= 4 is 52.2 Å². The SMILES string of the molecule is CC(=O)OC[C@H]1O[C@@H](n2cnc3c(N4CC5(CCCC5)c5cc(F)ccc54)nc(Cl)nc32)C(OC(C)=O)[C@H]1OC(C)=O. The van der Waals surface area contributed by atoms with Gasteiger partial charge in [-0.3, -0.25) is 19.0 Å². The van der Waals surface area contributed by atoms with E-state index >= 15 is 0 Å². The highest BCUT2D eigenvalue weighted by atomic mass is 35.5. The van der Waals surface area contributed by atoms with E-state index in [-0.39, 0.29) is 28.8 Å². The summed E-state index contributed by atoms with van der Waals surface area (Å²) < 4.78 is 38.3. The van der Waals surface area contributed by atoms with Crippen molar-refractivity contribution in [3.63, 3.8) is 0 Å². The number of aromatic nitrogens is 4. The second-order valence-corrected chi connectivity index (χ2v) is 11.2. The predicted molar refractivity (Wildman–Crippen MR) is 146 cm³/mol. The molecule has 3 aliphatic rings. The molecule has 0 radical (unpaired) electrons. The minimum absolute atomic E-state index is 0.0645. The third kappa shape index (κ3) is 4.94. The summed E-state index contributed by atoms with van der Waals surface area (Å²) in [6.45, 7) is 4.00. The molecule has 1 spiro atoms. The summed E-state index contributed by atoms with van der Waals surface area (Å²) in [5.74, 6) is -1.69. The van der Waals surface area contributed by atoms with Gasteiger partial charge >= 0.3 is 17.9 Å². The van der Waals surface area contributed by atoms with Crippen LogP contribution in [0.5, 0.6) is 0 Å². The van der Waals surface area contributed by atoms with Crippen molar-refractivity contribution in [1.29, 1.82) is 0 Å². The van der Waals surface area contributed by atoms with Crippen LogP contribution in [0.2, 0.25) is 5.28 Å². The summed E-state index contributed by atoms with van der Waals surface area (Å²) in [7, 11) is 0. The molecule has 1 aliphatic carbocycles. The molecule has 0 amide bonds. The molecule has 1 saturated heterocycles. The number of nitrogens with zero attached hydrogens (tertiary/aromatic N) is 5. The van der Waals surface area contributed by atoms with E-state index in [2.05, 4.69) is 15.0 Å². The second kappa shape index (κ2) is 10.8. The van der Waals surface area contributed by atoms with Crippen LogP contribution in [0.1, 0.15) is 58.2 Å². The number of anilines is 2. The Balaban J connectivity index is 1.43. The number of ether oxygens (including phenoxy) is 4. The predicted octanol–water partition coefficient (Wildman–Crippen LogP) is 3.91. The molecule has 2 aromatic heterocycles. The lowest BCUT2D eigenvalue weighted by Crippen LogP contribution is -2.40. The number of rotatable bonds is 6. The van der Waals surface area contributed by atoms with Crippen molar-refractivity contribution in [2.24, 2.45) is 0 Å². The molecular weight excluding hydrogens is 573 g/mol. The zero-order chi connectivity index (χ0) is 29.8. The molecule has 42 heavy (non-hydrogen) atoms. The Morgan fingerprint density at radius 3 is 2.48 bits per heavy atom. The van der Waals surface area contributed by atoms with Crippen molar-refractivity contribution < 1.29 is 37.7 Å². The summed E-state index contributed by atoms with van der Waals surface area (Å²) >= 11 is 6.47. The number of halogens is 2. The lowest BCUT2D eigenvalue weighted by atomic mass is 9.81. The third-order valence-electron chi connectivity index (χ3n) is 8.09. The van der Waals surface area contributed by atoms with E-state index < -0.39 is 42.4 Å². The molecule has 3 aromatic rings. The van der Waals surface area contributed by atoms with Crippen LogP contribution < -0.4 is 4.90 Å². The molecule has 12 nitrogen and oxygen atoms in total. The highest BCUT2D eigenvalue weighted by Crippen LogP contribution is 2.53. The van der Waals surface area contributed by atoms with Gasteiger partial charge in [0.2, 0.25) is 5.28 Å². The summed E-state index contributed by atoms with van der Waals surface area (Å²) in [6, 6.07) is 4.78. The largest absolute Gasteiger partial charge is 0.463 e. The fourth-order valence-corrected chi connectivity index (χ4v) is 6.64. The Bertz CT molecular complexity index is 1580. The smallest absolute Gasteiger partial charge is 0.303 e. The normalized spacial score (nSPS) is 24.3. The molecule has 2 fully saturated rings. The number of imidazole rings is 1. The molecule has 6 rings (SSSR count). The highest BCUT2D eigenvalue weighted by Gasteiger charge is 2.51. The molecule has 222 valence electrons. The molecule has 1 aromatic carbocycles. The number of hydrogen-bond acceptors (Lipinski definition) is 11. The Labute approximate surface area is 245 Å². The van der Waals surface area contributed by atoms with Gasteiger partial charge in [0.25, 0.3) is 0 Å². The van der Waals surface area contributed by atoms with E-state index in [0.717, 1.165) is 36.9 Å². The van der Waals surface area contributed by atoms with Gasteiger partial charge in [0, 0.05) is 38.4 Å². The van der Waals surface area contributed by atoms with E-state index in [1.807, 2.05) is 4.90 Å². The van der Waals surface area contributed by atoms with Gasteiger partial charge in [-0.2, -0.15) is 9.97 Å². The lowest BCUT2D eigenvalue weighted by molar-refractivity contribution is -0.166. The van der Waals surface area contributed by atoms with Gasteiger partial charge in [-0.25, -0.2) is 9.37 Å². The minimum atomic E-state index is -1.13. The number of fused-ring (bicyclic) bond motifs is 3. The molecule has 1 unspecified atom stereocenters. The van der Waals surface area contributed by atoms with E-state index in [9.17, 15) is 18.8 Å². The highest BCUT2D eigenvalue weighted by molar-refractivity contribution is 6.28. The molecule has 14 heteroatoms. The third-order valence-corrected chi connectivity index (χ3v) is 8.26. The molecule has 0 bridgehead atoms. The monoisotopic (exact) mass is 601 g/mol. The fraction of sp³-hybridized carbons (Fsp3) is 0.500. The minimum Gasteiger partial charge on any atom is -0.463 e. The van der Waals surface area contributed by atoms with Crippen LogP contribution in [0, 0.1) is 5.82 Å². The maximum atomic E-state index is 14.4. The van der Waals surface area contributed by atoms with Crippen LogP contribution in [-0.2, 0) is 38.7 Å². The zero-order valence-electron chi connectivity index (χ0n) is 23.2. The number of carbonyl (C=O) groups is 3. The van der Waals surface area contributed by atoms with Gasteiger partial charge in [0.05, 0.1) is 6.33 Å². The van der Waals surface area contributed by atoms with Gasteiger partial charge in [-0.1, -0.05) is 12.8 Å². The summed E-state index contributed by atoms with van der Waals surface area (Å²) in [5, 5.41) is -0.0645. The van der Waals surface area contributed by atoms with Crippen molar-refractivity contribution in [2.45, 2.75) is 76.4 Å². The first kappa shape index (κ1) is 28.3. The van der Waals surface area contributed by atoms with E-state index in [4.69, 9.17) is 30.5 Å². The Kier molecular flexibility index (Phi) is 7.26. The van der Waals surface area contributed by atoms with Crippen molar-refractivity contribution in [1.82, 2.24) is 19.5 Å². The summed E-state index contributed by atoms with van der Waals surface area (Å²) in [6.07, 6.45) is 1.17. The average molecular weight is 602 g/mol. The summed E-state index contributed by atoms with van der Waals surface area (Å²) in [5.41, 5.74) is 2.23. The van der Waals surface area contributed by atoms with Crippen molar-refractivity contribution in [2.75, 3.05) is 18.1 Å². The van der Waals surface area contributed by atoms with Crippen LogP contribution in [-0.4, -0.2) is 68.9 Å². The van der Waals surface area contributed by atoms with Crippen LogP contribution in [0.15, 0.2) is 24.5 Å². The number of esters is 3. The maximum absolute atomic E-state index is 14.4. The molecule has 0 N–H and O–H groups in total. The fourth-order valence-electron chi connectivity index (χ4n) is 6.48. The molecule has 4 atom stereocenters. The van der Waals surface area contributed by atoms with Crippen molar-refractivity contribution in [3.8, 4) is 0 Å². The Morgan fingerprint density at radius 1 is 1.07 bits per heavy atom. The molecule has 1 saturated carbocycles. The van der Waals surface area contributed by atoms with Crippen LogP contribution >= 0.6 is 11.6 Å². The van der Waals surface area contributed by atoms with Gasteiger partial charge in [0.15, 0.2) is 35.4 Å². The van der Waals surface area contributed by atoms with Gasteiger partial charge in [-0.15, -0.1) is 0 Å². The van der Waals surface area contributed by atoms with Gasteiger partial charge < -0.3 is 23.8 Å². The lowest BCUT2D eigenvalue weighted by Gasteiger charge is -2.25. The quantitative estimate of drug-likeness (QED) is 0.231. The van der Waals surface area contributed by atoms with Crippen LogP contribution in [0.3, 0.4) is 0 Å². The van der Waals surface area contributed by atoms with Gasteiger partial charge in [0.1, 0.15) is 18.5 Å². The zero-order valence-corrected chi connectivity index (χ0v) is 24.0. The van der Waals surface area contributed by atoms with Crippen LogP contribution in [0.4, 0.5) is 15.9 Å². The number of carbonyl (C=O) groups excluding carboxylic acids is 3. The molecular formula is C28H29ClFN5O7. The van der Waals surface area contributed by atoms with Gasteiger partial charge in [-0.05, 0) is 48.2 Å². The summed E-state index contributed by atoms with van der Waals surface area (Å²) in [4.78, 5) is 51.2. The maximum Gasteiger partial charge on any atom is 0.303 e. The van der Waals surface area contributed by atoms with E-state index in [1.165, 1.54) is 37.7 Å². The molecule has 4 heterocycles. The first-order chi connectivity index (χ1) is 20.1. The first-order valence-electron chi connectivity index (χ1n) is 13.7. The van der Waals surface area contributed by atoms with E-state index in [0.29, 0.717) is 17.9 Å². The number of benzene rings is 1. The number of hydrogen-bond donors (Lipinski definition) is 0.